The fourth-order valence-electron chi connectivity index (χ4n) is 7.52. The van der Waals surface area contributed by atoms with Crippen LogP contribution in [-0.2, 0) is 13.1 Å². The van der Waals surface area contributed by atoms with E-state index in [2.05, 4.69) is 45.3 Å². The average molecular weight is 899 g/mol. The van der Waals surface area contributed by atoms with Gasteiger partial charge in [0.2, 0.25) is 5.95 Å². The molecule has 1 saturated heterocycles. The number of nitrogens with one attached hydrogen (secondary N) is 2. The van der Waals surface area contributed by atoms with Crippen LogP contribution in [-0.4, -0.2) is 94.2 Å². The van der Waals surface area contributed by atoms with Crippen LogP contribution in [0.4, 0.5) is 29.0 Å². The minimum absolute atomic E-state index is 0.0229. The van der Waals surface area contributed by atoms with Crippen LogP contribution in [0.25, 0.3) is 11.1 Å². The van der Waals surface area contributed by atoms with E-state index in [0.717, 1.165) is 65.9 Å². The van der Waals surface area contributed by atoms with Crippen molar-refractivity contribution in [3.05, 3.63) is 146 Å². The largest absolute Gasteiger partial charge is 0.478 e. The van der Waals surface area contributed by atoms with E-state index in [1.807, 2.05) is 35.2 Å². The van der Waals surface area contributed by atoms with Gasteiger partial charge in [0.05, 0.1) is 22.5 Å². The zero-order valence-electron chi connectivity index (χ0n) is 32.7. The highest BCUT2D eigenvalue weighted by atomic mass is 35.5. The van der Waals surface area contributed by atoms with E-state index in [0.29, 0.717) is 76.4 Å². The molecule has 6 heterocycles. The molecule has 61 heavy (non-hydrogen) atoms. The first kappa shape index (κ1) is 41.9. The van der Waals surface area contributed by atoms with Gasteiger partial charge in [0, 0.05) is 116 Å². The van der Waals surface area contributed by atoms with Crippen molar-refractivity contribution in [2.75, 3.05) is 77.7 Å². The molecule has 3 aliphatic heterocycles. The Balaban J connectivity index is 0.000000171. The fraction of sp³-hybridized carbons (Fsp3) is 0.227. The summed E-state index contributed by atoms with van der Waals surface area (Å²) in [5.74, 6) is 1.24. The van der Waals surface area contributed by atoms with Crippen molar-refractivity contribution in [2.24, 2.45) is 0 Å². The summed E-state index contributed by atoms with van der Waals surface area (Å²) in [4.78, 5) is 50.8. The van der Waals surface area contributed by atoms with Crippen molar-refractivity contribution in [3.8, 4) is 11.1 Å². The molecule has 0 radical (unpaired) electrons. The Morgan fingerprint density at radius 3 is 1.82 bits per heavy atom. The first-order valence-corrected chi connectivity index (χ1v) is 21.1. The monoisotopic (exact) mass is 896 g/mol. The summed E-state index contributed by atoms with van der Waals surface area (Å²) in [6, 6.07) is 23.5. The van der Waals surface area contributed by atoms with Gasteiger partial charge in [-0.1, -0.05) is 64.6 Å². The van der Waals surface area contributed by atoms with Crippen LogP contribution in [0, 0.1) is 0 Å². The van der Waals surface area contributed by atoms with Gasteiger partial charge in [-0.25, -0.2) is 24.7 Å². The molecule has 3 aliphatic rings. The molecule has 0 aliphatic carbocycles. The second kappa shape index (κ2) is 18.8. The third-order valence-corrected chi connectivity index (χ3v) is 11.8. The summed E-state index contributed by atoms with van der Waals surface area (Å²) in [5, 5.41) is 18.7. The molecule has 3 aromatic heterocycles. The maximum atomic E-state index is 13.3. The number of benzene rings is 3. The molecule has 0 bridgehead atoms. The SMILES string of the molecule is O=C(O)c1ccccc1-c1cnc2c(c1)N(Cc1cc(Cl)ccc1Cl)CCN2.O=C(c1cnc2c(c1)N(Cc1cc(Cl)ccc1Cl)CCN2)N1CCN(c2ncccn2)CC1. The van der Waals surface area contributed by atoms with Gasteiger partial charge >= 0.3 is 5.97 Å². The standard InChI is InChI=1S/C23H23Cl2N7O.C21H17Cl2N3O2/c24-18-2-3-19(25)17(12-18)15-32-7-6-26-21-20(32)13-16(14-29-21)22(33)30-8-10-31(11-9-30)23-27-4-1-5-28-23;22-15-5-6-18(23)14(9-15)12-26-8-7-24-20-19(26)10-13(11-25-20)16-3-1-2-4-17(16)21(27)28/h1-5,12-14H,6-11,15H2,(H,26,29);1-6,9-11H,7-8,12H2,(H,24,25)(H,27,28). The molecule has 6 aromatic rings. The maximum absolute atomic E-state index is 13.3. The third-order valence-electron chi connectivity index (χ3n) is 10.6. The first-order valence-electron chi connectivity index (χ1n) is 19.6. The number of pyridine rings is 2. The molecule has 0 saturated carbocycles. The number of hydrogen-bond donors (Lipinski definition) is 3. The molecule has 13 nitrogen and oxygen atoms in total. The number of amides is 1. The number of hydrogen-bond acceptors (Lipinski definition) is 11. The van der Waals surface area contributed by atoms with Crippen molar-refractivity contribution in [1.82, 2.24) is 24.8 Å². The van der Waals surface area contributed by atoms with E-state index < -0.39 is 5.97 Å². The molecule has 17 heteroatoms. The Kier molecular flexibility index (Phi) is 12.9. The van der Waals surface area contributed by atoms with Crippen LogP contribution >= 0.6 is 46.4 Å². The number of rotatable bonds is 8. The van der Waals surface area contributed by atoms with Gasteiger partial charge in [0.25, 0.3) is 5.91 Å². The molecule has 0 unspecified atom stereocenters. The number of carbonyl (C=O) groups is 2. The summed E-state index contributed by atoms with van der Waals surface area (Å²) < 4.78 is 0. The highest BCUT2D eigenvalue weighted by molar-refractivity contribution is 6.34. The normalized spacial score (nSPS) is 14.5. The maximum Gasteiger partial charge on any atom is 0.336 e. The number of aromatic carboxylic acids is 1. The molecule has 312 valence electrons. The van der Waals surface area contributed by atoms with Crippen molar-refractivity contribution >= 4 is 87.2 Å². The molecular weight excluding hydrogens is 858 g/mol. The lowest BCUT2D eigenvalue weighted by Gasteiger charge is -2.35. The lowest BCUT2D eigenvalue weighted by atomic mass is 10.0. The van der Waals surface area contributed by atoms with E-state index >= 15 is 0 Å². The topological polar surface area (TPSA) is 143 Å². The number of piperazine rings is 1. The Morgan fingerprint density at radius 1 is 0.639 bits per heavy atom. The van der Waals surface area contributed by atoms with Gasteiger partial charge < -0.3 is 35.3 Å². The fourth-order valence-corrected chi connectivity index (χ4v) is 8.27. The predicted octanol–water partition coefficient (Wildman–Crippen LogP) is 8.76. The second-order valence-electron chi connectivity index (χ2n) is 14.5. The second-order valence-corrected chi connectivity index (χ2v) is 16.2. The number of anilines is 5. The number of carboxylic acids is 1. The van der Waals surface area contributed by atoms with Crippen LogP contribution < -0.4 is 25.3 Å². The lowest BCUT2D eigenvalue weighted by molar-refractivity contribution is 0.0696. The Morgan fingerprint density at radius 2 is 1.21 bits per heavy atom. The van der Waals surface area contributed by atoms with E-state index in [-0.39, 0.29) is 11.5 Å². The van der Waals surface area contributed by atoms with Gasteiger partial charge in [-0.05, 0) is 77.4 Å². The van der Waals surface area contributed by atoms with Crippen LogP contribution in [0.15, 0.2) is 104 Å². The Hall–Kier alpha value is -5.86. The van der Waals surface area contributed by atoms with Gasteiger partial charge in [-0.3, -0.25) is 4.79 Å². The van der Waals surface area contributed by atoms with Crippen molar-refractivity contribution in [3.63, 3.8) is 0 Å². The predicted molar refractivity (Wildman–Crippen MR) is 243 cm³/mol. The van der Waals surface area contributed by atoms with Crippen LogP contribution in [0.1, 0.15) is 31.8 Å². The van der Waals surface area contributed by atoms with E-state index in [4.69, 9.17) is 46.4 Å². The van der Waals surface area contributed by atoms with Gasteiger partial charge in [-0.2, -0.15) is 0 Å². The molecule has 3 N–H and O–H groups in total. The number of nitrogens with zero attached hydrogens (tertiary/aromatic N) is 8. The van der Waals surface area contributed by atoms with E-state index in [9.17, 15) is 14.7 Å². The first-order chi connectivity index (χ1) is 29.6. The smallest absolute Gasteiger partial charge is 0.336 e. The number of carboxylic acid groups (broad SMARTS) is 1. The van der Waals surface area contributed by atoms with E-state index in [1.54, 1.807) is 73.3 Å². The van der Waals surface area contributed by atoms with Crippen molar-refractivity contribution in [2.45, 2.75) is 13.1 Å². The molecule has 0 atom stereocenters. The minimum Gasteiger partial charge on any atom is -0.478 e. The van der Waals surface area contributed by atoms with Crippen LogP contribution in [0.5, 0.6) is 0 Å². The Bertz CT molecular complexity index is 2560. The zero-order valence-corrected chi connectivity index (χ0v) is 35.8. The summed E-state index contributed by atoms with van der Waals surface area (Å²) in [6.07, 6.45) is 6.81. The number of fused-ring (bicyclic) bond motifs is 2. The average Bonchev–Trinajstić information content (AvgIpc) is 3.29. The van der Waals surface area contributed by atoms with Gasteiger partial charge in [-0.15, -0.1) is 0 Å². The quantitative estimate of drug-likeness (QED) is 0.134. The Labute approximate surface area is 372 Å². The summed E-state index contributed by atoms with van der Waals surface area (Å²) in [5.41, 5.74) is 5.87. The summed E-state index contributed by atoms with van der Waals surface area (Å²) >= 11 is 25.0. The van der Waals surface area contributed by atoms with Gasteiger partial charge in [0.15, 0.2) is 0 Å². The minimum atomic E-state index is -0.964. The molecule has 1 fully saturated rings. The summed E-state index contributed by atoms with van der Waals surface area (Å²) in [7, 11) is 0. The van der Waals surface area contributed by atoms with Crippen molar-refractivity contribution in [1.29, 1.82) is 0 Å². The van der Waals surface area contributed by atoms with Crippen molar-refractivity contribution < 1.29 is 14.7 Å². The van der Waals surface area contributed by atoms with E-state index in [1.165, 1.54) is 0 Å². The third kappa shape index (κ3) is 9.71. The molecule has 9 rings (SSSR count). The number of carbonyl (C=O) groups excluding carboxylic acids is 1. The zero-order chi connectivity index (χ0) is 42.5. The highest BCUT2D eigenvalue weighted by Crippen LogP contribution is 2.36. The molecule has 3 aromatic carbocycles. The summed E-state index contributed by atoms with van der Waals surface area (Å²) in [6.45, 7) is 6.81. The molecular formula is C44H40Cl4N10O3. The molecule has 1 amide bonds. The number of aromatic nitrogens is 4. The lowest BCUT2D eigenvalue weighted by Crippen LogP contribution is -2.49. The molecule has 0 spiro atoms. The highest BCUT2D eigenvalue weighted by Gasteiger charge is 2.27. The van der Waals surface area contributed by atoms with Crippen LogP contribution in [0.3, 0.4) is 0 Å². The van der Waals surface area contributed by atoms with Gasteiger partial charge in [0.1, 0.15) is 11.6 Å². The van der Waals surface area contributed by atoms with Crippen LogP contribution in [0.2, 0.25) is 20.1 Å². The number of halogens is 4.